The van der Waals surface area contributed by atoms with Gasteiger partial charge in [-0.2, -0.15) is 0 Å². The van der Waals surface area contributed by atoms with Crippen LogP contribution in [0.15, 0.2) is 36.7 Å². The van der Waals surface area contributed by atoms with Crippen molar-refractivity contribution in [3.8, 4) is 10.7 Å². The quantitative estimate of drug-likeness (QED) is 0.651. The Bertz CT molecular complexity index is 968. The molecule has 138 valence electrons. The van der Waals surface area contributed by atoms with Crippen molar-refractivity contribution in [3.05, 3.63) is 53.0 Å². The van der Waals surface area contributed by atoms with Gasteiger partial charge >= 0.3 is 0 Å². The molecule has 1 saturated carbocycles. The van der Waals surface area contributed by atoms with E-state index in [9.17, 15) is 9.18 Å². The second-order valence-corrected chi connectivity index (χ2v) is 7.74. The van der Waals surface area contributed by atoms with Gasteiger partial charge in [0.25, 0.3) is 0 Å². The summed E-state index contributed by atoms with van der Waals surface area (Å²) in [4.78, 5) is 20.5. The van der Waals surface area contributed by atoms with Gasteiger partial charge in [0, 0.05) is 31.3 Å². The van der Waals surface area contributed by atoms with Crippen LogP contribution in [0.25, 0.3) is 10.7 Å². The second-order valence-electron chi connectivity index (χ2n) is 6.71. The van der Waals surface area contributed by atoms with E-state index in [0.29, 0.717) is 33.6 Å². The number of ketones is 1. The summed E-state index contributed by atoms with van der Waals surface area (Å²) in [6.07, 6.45) is 6.04. The maximum atomic E-state index is 14.2. The minimum atomic E-state index is -0.294. The Hall–Kier alpha value is -2.74. The van der Waals surface area contributed by atoms with E-state index in [4.69, 9.17) is 0 Å². The fourth-order valence-corrected chi connectivity index (χ4v) is 4.01. The highest BCUT2D eigenvalue weighted by Crippen LogP contribution is 2.43. The molecule has 0 bridgehead atoms. The van der Waals surface area contributed by atoms with E-state index in [1.165, 1.54) is 24.3 Å². The van der Waals surface area contributed by atoms with Gasteiger partial charge in [0.1, 0.15) is 22.3 Å². The topological polar surface area (TPSA) is 80.7 Å². The van der Waals surface area contributed by atoms with E-state index in [1.807, 2.05) is 12.1 Å². The molecule has 3 heterocycles. The fourth-order valence-electron chi connectivity index (χ4n) is 3.23. The van der Waals surface area contributed by atoms with Crippen LogP contribution in [0.4, 0.5) is 10.2 Å². The fraction of sp³-hybridized carbons (Fsp3) is 0.316. The number of thiazole rings is 1. The molecule has 0 aliphatic heterocycles. The Balaban J connectivity index is 1.47. The van der Waals surface area contributed by atoms with Crippen molar-refractivity contribution in [1.82, 2.24) is 20.2 Å². The summed E-state index contributed by atoms with van der Waals surface area (Å²) >= 11 is 1.30. The highest BCUT2D eigenvalue weighted by Gasteiger charge is 2.41. The molecule has 27 heavy (non-hydrogen) atoms. The van der Waals surface area contributed by atoms with Crippen LogP contribution in [0.5, 0.6) is 0 Å². The van der Waals surface area contributed by atoms with Crippen LogP contribution < -0.4 is 5.32 Å². The van der Waals surface area contributed by atoms with Crippen molar-refractivity contribution in [2.45, 2.75) is 31.6 Å². The van der Waals surface area contributed by atoms with Crippen LogP contribution in [0.1, 0.15) is 41.6 Å². The molecule has 0 saturated heterocycles. The highest BCUT2D eigenvalue weighted by atomic mass is 32.1. The average molecular weight is 383 g/mol. The Morgan fingerprint density at radius 3 is 2.70 bits per heavy atom. The molecule has 0 radical (unpaired) electrons. The maximum Gasteiger partial charge on any atom is 0.171 e. The molecule has 0 amide bonds. The molecular weight excluding hydrogens is 365 g/mol. The van der Waals surface area contributed by atoms with Crippen molar-refractivity contribution in [2.24, 2.45) is 0 Å². The highest BCUT2D eigenvalue weighted by molar-refractivity contribution is 7.16. The smallest absolute Gasteiger partial charge is 0.171 e. The van der Waals surface area contributed by atoms with Gasteiger partial charge in [0.15, 0.2) is 5.78 Å². The summed E-state index contributed by atoms with van der Waals surface area (Å²) in [6.45, 7) is 2.07. The summed E-state index contributed by atoms with van der Waals surface area (Å²) in [5.41, 5.74) is 0.845. The zero-order chi connectivity index (χ0) is 18.9. The van der Waals surface area contributed by atoms with Crippen molar-refractivity contribution in [3.63, 3.8) is 0 Å². The third-order valence-electron chi connectivity index (χ3n) is 4.92. The SMILES string of the molecule is CC(=O)c1cnc(-c2ccc(NCC3(c4ncccc4F)CCC3)nn2)s1. The predicted octanol–water partition coefficient (Wildman–Crippen LogP) is 3.87. The number of aromatic nitrogens is 4. The minimum Gasteiger partial charge on any atom is -0.368 e. The van der Waals surface area contributed by atoms with E-state index in [-0.39, 0.29) is 17.0 Å². The first-order chi connectivity index (χ1) is 13.1. The number of pyridine rings is 1. The van der Waals surface area contributed by atoms with Gasteiger partial charge in [0.05, 0.1) is 10.6 Å². The summed E-state index contributed by atoms with van der Waals surface area (Å²) in [5.74, 6) is 0.340. The van der Waals surface area contributed by atoms with Gasteiger partial charge in [-0.25, -0.2) is 9.37 Å². The lowest BCUT2D eigenvalue weighted by atomic mass is 9.66. The first-order valence-corrected chi connectivity index (χ1v) is 9.55. The molecule has 8 heteroatoms. The minimum absolute atomic E-state index is 0.0162. The molecule has 0 spiro atoms. The Kier molecular flexibility index (Phi) is 4.65. The third kappa shape index (κ3) is 3.44. The summed E-state index contributed by atoms with van der Waals surface area (Å²) in [7, 11) is 0. The van der Waals surface area contributed by atoms with Gasteiger partial charge in [0.2, 0.25) is 0 Å². The lowest BCUT2D eigenvalue weighted by molar-refractivity contribution is 0.102. The number of nitrogens with zero attached hydrogens (tertiary/aromatic N) is 4. The lowest BCUT2D eigenvalue weighted by Crippen LogP contribution is -2.42. The molecule has 0 atom stereocenters. The van der Waals surface area contributed by atoms with Gasteiger partial charge in [-0.1, -0.05) is 6.42 Å². The number of Topliss-reactive ketones (excluding diaryl/α,β-unsaturated/α-hetero) is 1. The molecule has 1 N–H and O–H groups in total. The number of hydrogen-bond acceptors (Lipinski definition) is 7. The van der Waals surface area contributed by atoms with Crippen molar-refractivity contribution in [1.29, 1.82) is 0 Å². The van der Waals surface area contributed by atoms with Crippen LogP contribution in [-0.2, 0) is 5.41 Å². The molecule has 1 aliphatic carbocycles. The zero-order valence-electron chi connectivity index (χ0n) is 14.8. The first-order valence-electron chi connectivity index (χ1n) is 8.73. The first kappa shape index (κ1) is 17.7. The Morgan fingerprint density at radius 1 is 1.26 bits per heavy atom. The molecule has 3 aromatic rings. The van der Waals surface area contributed by atoms with E-state index in [0.717, 1.165) is 19.3 Å². The number of carbonyl (C=O) groups excluding carboxylic acids is 1. The Labute approximate surface area is 159 Å². The molecule has 3 aromatic heterocycles. The van der Waals surface area contributed by atoms with Crippen LogP contribution >= 0.6 is 11.3 Å². The normalized spacial score (nSPS) is 15.2. The summed E-state index contributed by atoms with van der Waals surface area (Å²) < 4.78 is 14.2. The number of carbonyl (C=O) groups is 1. The van der Waals surface area contributed by atoms with Gasteiger partial charge in [-0.3, -0.25) is 9.78 Å². The zero-order valence-corrected chi connectivity index (χ0v) is 15.6. The molecule has 1 aliphatic rings. The molecule has 6 nitrogen and oxygen atoms in total. The van der Waals surface area contributed by atoms with Crippen LogP contribution in [0.3, 0.4) is 0 Å². The average Bonchev–Trinajstić information content (AvgIpc) is 3.13. The third-order valence-corrected chi connectivity index (χ3v) is 6.04. The standard InChI is InChI=1S/C19H18FN5OS/c1-12(26)15-10-22-18(27-15)14-5-6-16(25-24-14)23-11-19(7-3-8-19)17-13(20)4-2-9-21-17/h2,4-6,9-10H,3,7-8,11H2,1H3,(H,23,25). The molecule has 0 aromatic carbocycles. The van der Waals surface area contributed by atoms with E-state index < -0.39 is 0 Å². The largest absolute Gasteiger partial charge is 0.368 e. The van der Waals surface area contributed by atoms with Crippen molar-refractivity contribution in [2.75, 3.05) is 11.9 Å². The second kappa shape index (κ2) is 7.11. The van der Waals surface area contributed by atoms with Crippen LogP contribution in [0.2, 0.25) is 0 Å². The summed E-state index contributed by atoms with van der Waals surface area (Å²) in [6, 6.07) is 6.70. The number of halogens is 1. The molecular formula is C19H18FN5OS. The van der Waals surface area contributed by atoms with Crippen LogP contribution in [-0.4, -0.2) is 32.5 Å². The number of rotatable bonds is 6. The van der Waals surface area contributed by atoms with Crippen LogP contribution in [0, 0.1) is 5.82 Å². The van der Waals surface area contributed by atoms with Crippen molar-refractivity contribution < 1.29 is 9.18 Å². The van der Waals surface area contributed by atoms with Gasteiger partial charge in [-0.05, 0) is 37.1 Å². The lowest BCUT2D eigenvalue weighted by Gasteiger charge is -2.41. The predicted molar refractivity (Wildman–Crippen MR) is 101 cm³/mol. The van der Waals surface area contributed by atoms with E-state index in [1.54, 1.807) is 18.5 Å². The van der Waals surface area contributed by atoms with E-state index >= 15 is 0 Å². The molecule has 0 unspecified atom stereocenters. The molecule has 4 rings (SSSR count). The molecule has 1 fully saturated rings. The Morgan fingerprint density at radius 2 is 2.11 bits per heavy atom. The number of anilines is 1. The van der Waals surface area contributed by atoms with Gasteiger partial charge < -0.3 is 5.32 Å². The monoisotopic (exact) mass is 383 g/mol. The number of hydrogen-bond donors (Lipinski definition) is 1. The number of nitrogens with one attached hydrogen (secondary N) is 1. The van der Waals surface area contributed by atoms with E-state index in [2.05, 4.69) is 25.5 Å². The van der Waals surface area contributed by atoms with Gasteiger partial charge in [-0.15, -0.1) is 21.5 Å². The van der Waals surface area contributed by atoms with Crippen molar-refractivity contribution >= 4 is 22.9 Å². The summed E-state index contributed by atoms with van der Waals surface area (Å²) in [5, 5.41) is 12.3. The maximum absolute atomic E-state index is 14.2.